The molecule has 0 fully saturated rings. The Labute approximate surface area is 83.6 Å². The molecular weight excluding hydrogens is 199 g/mol. The van der Waals surface area contributed by atoms with E-state index in [1.807, 2.05) is 36.4 Å². The summed E-state index contributed by atoms with van der Waals surface area (Å²) in [6.07, 6.45) is 1.83. The highest BCUT2D eigenvalue weighted by molar-refractivity contribution is 7.55. The van der Waals surface area contributed by atoms with Crippen molar-refractivity contribution in [2.24, 2.45) is 0 Å². The maximum absolute atomic E-state index is 9.58. The quantitative estimate of drug-likeness (QED) is 0.741. The second kappa shape index (κ2) is 6.33. The normalized spacial score (nSPS) is 9.57. The van der Waals surface area contributed by atoms with E-state index in [1.165, 1.54) is 5.56 Å². The molecule has 76 valence electrons. The highest BCUT2D eigenvalue weighted by Gasteiger charge is 2.00. The molecule has 14 heavy (non-hydrogen) atoms. The highest BCUT2D eigenvalue weighted by Crippen LogP contribution is 2.34. The van der Waals surface area contributed by atoms with E-state index in [-0.39, 0.29) is 0 Å². The zero-order valence-corrected chi connectivity index (χ0v) is 8.60. The average molecular weight is 212 g/mol. The molecule has 4 heteroatoms. The lowest BCUT2D eigenvalue weighted by molar-refractivity contribution is 0.386. The standard InChI is InChI=1S/C8H8.C2H5O3P/c1-2-8-6-4-3-5-7-8;1-2-6(3,4)5/h2-7H,1H2;2H,1H2,(H2,3,4,5). The van der Waals surface area contributed by atoms with Crippen molar-refractivity contribution >= 4 is 13.7 Å². The van der Waals surface area contributed by atoms with Gasteiger partial charge in [0.1, 0.15) is 0 Å². The lowest BCUT2D eigenvalue weighted by atomic mass is 10.2. The first-order chi connectivity index (χ1) is 6.49. The fraction of sp³-hybridized carbons (Fsp3) is 0. The highest BCUT2D eigenvalue weighted by atomic mass is 31.2. The molecule has 0 atom stereocenters. The Kier molecular flexibility index (Phi) is 5.81. The van der Waals surface area contributed by atoms with Crippen LogP contribution in [0.2, 0.25) is 0 Å². The summed E-state index contributed by atoms with van der Waals surface area (Å²) in [5.74, 6) is 0.604. The molecule has 0 aromatic heterocycles. The van der Waals surface area contributed by atoms with Crippen LogP contribution in [0.3, 0.4) is 0 Å². The van der Waals surface area contributed by atoms with Gasteiger partial charge in [-0.15, -0.1) is 0 Å². The zero-order chi connectivity index (χ0) is 11.0. The largest absolute Gasteiger partial charge is 0.348 e. The summed E-state index contributed by atoms with van der Waals surface area (Å²) in [6, 6.07) is 10.0. The van der Waals surface area contributed by atoms with Crippen LogP contribution in [0.25, 0.3) is 6.08 Å². The van der Waals surface area contributed by atoms with E-state index in [4.69, 9.17) is 9.79 Å². The van der Waals surface area contributed by atoms with Gasteiger partial charge in [-0.05, 0) is 5.56 Å². The molecule has 1 aromatic rings. The van der Waals surface area contributed by atoms with Gasteiger partial charge < -0.3 is 9.79 Å². The van der Waals surface area contributed by atoms with Crippen molar-refractivity contribution in [3.8, 4) is 0 Å². The molecule has 2 N–H and O–H groups in total. The molecule has 0 aliphatic carbocycles. The van der Waals surface area contributed by atoms with Crippen LogP contribution in [0.1, 0.15) is 5.56 Å². The summed E-state index contributed by atoms with van der Waals surface area (Å²) in [5.41, 5.74) is 1.17. The molecule has 0 saturated carbocycles. The van der Waals surface area contributed by atoms with Crippen LogP contribution < -0.4 is 0 Å². The summed E-state index contributed by atoms with van der Waals surface area (Å²) in [5, 5.41) is 0. The first kappa shape index (κ1) is 12.8. The maximum atomic E-state index is 9.58. The summed E-state index contributed by atoms with van der Waals surface area (Å²) in [4.78, 5) is 15.6. The Bertz CT molecular complexity index is 326. The first-order valence-corrected chi connectivity index (χ1v) is 5.54. The molecule has 0 unspecified atom stereocenters. The minimum absolute atomic E-state index is 0.604. The van der Waals surface area contributed by atoms with Gasteiger partial charge in [0.15, 0.2) is 0 Å². The van der Waals surface area contributed by atoms with Gasteiger partial charge in [0.25, 0.3) is 0 Å². The fourth-order valence-electron chi connectivity index (χ4n) is 0.589. The number of rotatable bonds is 2. The van der Waals surface area contributed by atoms with Gasteiger partial charge in [-0.2, -0.15) is 0 Å². The zero-order valence-electron chi connectivity index (χ0n) is 7.71. The summed E-state index contributed by atoms with van der Waals surface area (Å²) in [7, 11) is -3.88. The van der Waals surface area contributed by atoms with Crippen LogP contribution >= 0.6 is 7.60 Å². The van der Waals surface area contributed by atoms with E-state index in [0.717, 1.165) is 0 Å². The topological polar surface area (TPSA) is 57.5 Å². The Morgan fingerprint density at radius 2 is 1.57 bits per heavy atom. The van der Waals surface area contributed by atoms with Crippen molar-refractivity contribution in [2.75, 3.05) is 0 Å². The lowest BCUT2D eigenvalue weighted by Gasteiger charge is -1.87. The third-order valence-corrected chi connectivity index (χ3v) is 1.75. The number of hydrogen-bond acceptors (Lipinski definition) is 1. The summed E-state index contributed by atoms with van der Waals surface area (Å²) >= 11 is 0. The van der Waals surface area contributed by atoms with Crippen LogP contribution in [-0.4, -0.2) is 9.79 Å². The van der Waals surface area contributed by atoms with Crippen LogP contribution in [0.5, 0.6) is 0 Å². The minimum Gasteiger partial charge on any atom is -0.321 e. The Morgan fingerprint density at radius 1 is 1.14 bits per heavy atom. The van der Waals surface area contributed by atoms with Gasteiger partial charge >= 0.3 is 7.60 Å². The van der Waals surface area contributed by atoms with Crippen molar-refractivity contribution in [1.29, 1.82) is 0 Å². The Balaban J connectivity index is 0.000000255. The van der Waals surface area contributed by atoms with Crippen LogP contribution in [0.15, 0.2) is 49.3 Å². The SMILES string of the molecule is C=CP(=O)(O)O.C=Cc1ccccc1. The minimum atomic E-state index is -3.88. The molecule has 0 radical (unpaired) electrons. The number of hydrogen-bond donors (Lipinski definition) is 2. The summed E-state index contributed by atoms with van der Waals surface area (Å²) < 4.78 is 9.58. The average Bonchev–Trinajstić information content (AvgIpc) is 2.19. The molecule has 0 amide bonds. The van der Waals surface area contributed by atoms with Gasteiger partial charge in [-0.3, -0.25) is 4.57 Å². The third kappa shape index (κ3) is 7.50. The van der Waals surface area contributed by atoms with Crippen molar-refractivity contribution in [1.82, 2.24) is 0 Å². The molecule has 0 aliphatic rings. The second-order valence-electron chi connectivity index (χ2n) is 2.39. The molecule has 0 aliphatic heterocycles. The smallest absolute Gasteiger partial charge is 0.321 e. The van der Waals surface area contributed by atoms with Crippen LogP contribution in [-0.2, 0) is 4.57 Å². The maximum Gasteiger partial charge on any atom is 0.348 e. The monoisotopic (exact) mass is 212 g/mol. The molecule has 0 heterocycles. The first-order valence-electron chi connectivity index (χ1n) is 3.86. The van der Waals surface area contributed by atoms with E-state index in [2.05, 4.69) is 13.2 Å². The van der Waals surface area contributed by atoms with Gasteiger partial charge in [0, 0.05) is 5.82 Å². The van der Waals surface area contributed by atoms with Gasteiger partial charge in [-0.25, -0.2) is 0 Å². The molecule has 3 nitrogen and oxygen atoms in total. The van der Waals surface area contributed by atoms with Crippen molar-refractivity contribution in [3.05, 3.63) is 54.9 Å². The molecular formula is C10H13O3P. The van der Waals surface area contributed by atoms with Crippen molar-refractivity contribution in [3.63, 3.8) is 0 Å². The van der Waals surface area contributed by atoms with E-state index < -0.39 is 7.60 Å². The van der Waals surface area contributed by atoms with Crippen molar-refractivity contribution in [2.45, 2.75) is 0 Å². The number of benzene rings is 1. The Hall–Kier alpha value is -1.15. The van der Waals surface area contributed by atoms with E-state index >= 15 is 0 Å². The third-order valence-electron chi connectivity index (χ3n) is 1.27. The van der Waals surface area contributed by atoms with Crippen molar-refractivity contribution < 1.29 is 14.4 Å². The van der Waals surface area contributed by atoms with Crippen LogP contribution in [0, 0.1) is 0 Å². The van der Waals surface area contributed by atoms with E-state index in [1.54, 1.807) is 0 Å². The Morgan fingerprint density at radius 3 is 1.79 bits per heavy atom. The lowest BCUT2D eigenvalue weighted by Crippen LogP contribution is -1.63. The van der Waals surface area contributed by atoms with Gasteiger partial charge in [0.05, 0.1) is 0 Å². The van der Waals surface area contributed by atoms with Crippen LogP contribution in [0.4, 0.5) is 0 Å². The van der Waals surface area contributed by atoms with E-state index in [9.17, 15) is 4.57 Å². The summed E-state index contributed by atoms with van der Waals surface area (Å²) in [6.45, 7) is 6.50. The predicted molar refractivity (Wildman–Crippen MR) is 58.8 cm³/mol. The molecule has 1 aromatic carbocycles. The fourth-order valence-corrected chi connectivity index (χ4v) is 0.589. The van der Waals surface area contributed by atoms with Gasteiger partial charge in [-0.1, -0.05) is 49.6 Å². The molecule has 0 spiro atoms. The molecule has 1 rings (SSSR count). The predicted octanol–water partition coefficient (Wildman–Crippen LogP) is 2.64. The van der Waals surface area contributed by atoms with Gasteiger partial charge in [0.2, 0.25) is 0 Å². The molecule has 0 saturated heterocycles. The second-order valence-corrected chi connectivity index (χ2v) is 3.93. The molecule has 0 bridgehead atoms. The van der Waals surface area contributed by atoms with E-state index in [0.29, 0.717) is 5.82 Å².